The summed E-state index contributed by atoms with van der Waals surface area (Å²) in [4.78, 5) is 15.1. The monoisotopic (exact) mass is 311 g/mol. The van der Waals surface area contributed by atoms with E-state index in [-0.39, 0.29) is 11.3 Å². The summed E-state index contributed by atoms with van der Waals surface area (Å²) in [6.45, 7) is 0. The summed E-state index contributed by atoms with van der Waals surface area (Å²) in [5.74, 6) is 0.238. The molecule has 2 aromatic heterocycles. The Balaban J connectivity index is 2.11. The average Bonchev–Trinajstić information content (AvgIpc) is 2.91. The van der Waals surface area contributed by atoms with Crippen LogP contribution in [0.15, 0.2) is 57.9 Å². The summed E-state index contributed by atoms with van der Waals surface area (Å²) in [5.41, 5.74) is 0.179. The van der Waals surface area contributed by atoms with Gasteiger partial charge in [-0.1, -0.05) is 35.9 Å². The molecule has 4 aromatic rings. The summed E-state index contributed by atoms with van der Waals surface area (Å²) in [7, 11) is 0. The van der Waals surface area contributed by atoms with Gasteiger partial charge in [0.2, 0.25) is 0 Å². The predicted octanol–water partition coefficient (Wildman–Crippen LogP) is 4.30. The fourth-order valence-corrected chi connectivity index (χ4v) is 2.82. The van der Waals surface area contributed by atoms with Crippen molar-refractivity contribution < 1.29 is 9.52 Å². The highest BCUT2D eigenvalue weighted by Gasteiger charge is 2.19. The molecule has 108 valence electrons. The van der Waals surface area contributed by atoms with Crippen LogP contribution >= 0.6 is 11.6 Å². The summed E-state index contributed by atoms with van der Waals surface area (Å²) >= 11 is 5.92. The molecular weight excluding hydrogens is 302 g/mol. The molecular formula is C17H10ClNO3. The minimum Gasteiger partial charge on any atom is -0.506 e. The first-order valence-corrected chi connectivity index (χ1v) is 7.04. The number of fused-ring (bicyclic) bond motifs is 2. The van der Waals surface area contributed by atoms with Crippen molar-refractivity contribution in [1.29, 1.82) is 0 Å². The normalized spacial score (nSPS) is 11.3. The molecule has 0 aliphatic rings. The molecule has 0 saturated carbocycles. The number of aromatic amines is 1. The standard InChI is InChI=1S/C17H10ClNO3/c18-10-5-6-12-13(7-10)19-17(21)14(15(12)20)16-11-4-2-1-3-9(11)8-22-16/h1-8H,(H2,19,20,21). The topological polar surface area (TPSA) is 66.2 Å². The van der Waals surface area contributed by atoms with E-state index in [1.165, 1.54) is 0 Å². The first-order valence-electron chi connectivity index (χ1n) is 6.66. The van der Waals surface area contributed by atoms with Gasteiger partial charge in [-0.05, 0) is 18.2 Å². The lowest BCUT2D eigenvalue weighted by Crippen LogP contribution is -2.09. The van der Waals surface area contributed by atoms with Crippen LogP contribution in [0.2, 0.25) is 5.02 Å². The highest BCUT2D eigenvalue weighted by Crippen LogP contribution is 2.37. The number of rotatable bonds is 1. The van der Waals surface area contributed by atoms with Crippen LogP contribution in [-0.4, -0.2) is 10.1 Å². The van der Waals surface area contributed by atoms with Crippen molar-refractivity contribution in [3.8, 4) is 17.1 Å². The van der Waals surface area contributed by atoms with Crippen LogP contribution in [0.1, 0.15) is 0 Å². The van der Waals surface area contributed by atoms with E-state index in [1.54, 1.807) is 24.5 Å². The molecule has 0 unspecified atom stereocenters. The quantitative estimate of drug-likeness (QED) is 0.551. The van der Waals surface area contributed by atoms with Gasteiger partial charge in [-0.3, -0.25) is 4.79 Å². The Morgan fingerprint density at radius 3 is 2.77 bits per heavy atom. The van der Waals surface area contributed by atoms with Crippen molar-refractivity contribution >= 4 is 33.3 Å². The van der Waals surface area contributed by atoms with Crippen LogP contribution in [0.4, 0.5) is 0 Å². The number of halogens is 1. The molecule has 0 fully saturated rings. The van der Waals surface area contributed by atoms with Gasteiger partial charge in [0.05, 0.1) is 11.8 Å². The van der Waals surface area contributed by atoms with E-state index in [4.69, 9.17) is 16.0 Å². The summed E-state index contributed by atoms with van der Waals surface area (Å²) in [6.07, 6.45) is 1.57. The lowest BCUT2D eigenvalue weighted by atomic mass is 10.1. The minimum atomic E-state index is -0.424. The Bertz CT molecular complexity index is 1080. The molecule has 22 heavy (non-hydrogen) atoms. The number of aromatic nitrogens is 1. The molecule has 2 N–H and O–H groups in total. The highest BCUT2D eigenvalue weighted by molar-refractivity contribution is 6.31. The number of pyridine rings is 1. The third-order valence-electron chi connectivity index (χ3n) is 3.69. The first-order chi connectivity index (χ1) is 10.6. The van der Waals surface area contributed by atoms with Crippen molar-refractivity contribution in [1.82, 2.24) is 4.98 Å². The number of H-pyrrole nitrogens is 1. The van der Waals surface area contributed by atoms with Crippen LogP contribution in [-0.2, 0) is 0 Å². The molecule has 0 spiro atoms. The molecule has 0 bridgehead atoms. The van der Waals surface area contributed by atoms with Crippen molar-refractivity contribution in [2.24, 2.45) is 0 Å². The van der Waals surface area contributed by atoms with E-state index in [9.17, 15) is 9.90 Å². The highest BCUT2D eigenvalue weighted by atomic mass is 35.5. The lowest BCUT2D eigenvalue weighted by Gasteiger charge is -2.06. The van der Waals surface area contributed by atoms with Crippen LogP contribution in [0.3, 0.4) is 0 Å². The third-order valence-corrected chi connectivity index (χ3v) is 3.92. The van der Waals surface area contributed by atoms with Gasteiger partial charge >= 0.3 is 0 Å². The molecule has 0 amide bonds. The molecule has 0 atom stereocenters. The Morgan fingerprint density at radius 1 is 1.09 bits per heavy atom. The average molecular weight is 312 g/mol. The van der Waals surface area contributed by atoms with E-state index in [0.717, 1.165) is 10.8 Å². The van der Waals surface area contributed by atoms with Crippen molar-refractivity contribution in [2.75, 3.05) is 0 Å². The second kappa shape index (κ2) is 4.64. The number of benzene rings is 2. The minimum absolute atomic E-state index is 0.115. The van der Waals surface area contributed by atoms with Gasteiger partial charge < -0.3 is 14.5 Å². The summed E-state index contributed by atoms with van der Waals surface area (Å²) < 4.78 is 5.53. The number of aromatic hydroxyl groups is 1. The molecule has 5 heteroatoms. The van der Waals surface area contributed by atoms with E-state index in [2.05, 4.69) is 4.98 Å². The second-order valence-corrected chi connectivity index (χ2v) is 5.46. The number of nitrogens with one attached hydrogen (secondary N) is 1. The van der Waals surface area contributed by atoms with Gasteiger partial charge in [0.1, 0.15) is 11.3 Å². The summed E-state index contributed by atoms with van der Waals surface area (Å²) in [5, 5.41) is 13.2. The zero-order valence-electron chi connectivity index (χ0n) is 11.3. The van der Waals surface area contributed by atoms with Crippen molar-refractivity contribution in [2.45, 2.75) is 0 Å². The zero-order valence-corrected chi connectivity index (χ0v) is 12.0. The van der Waals surface area contributed by atoms with Gasteiger partial charge in [0.15, 0.2) is 5.76 Å². The fraction of sp³-hybridized carbons (Fsp3) is 0. The van der Waals surface area contributed by atoms with Gasteiger partial charge in [-0.2, -0.15) is 0 Å². The second-order valence-electron chi connectivity index (χ2n) is 5.02. The van der Waals surface area contributed by atoms with Gasteiger partial charge in [-0.25, -0.2) is 0 Å². The molecule has 0 radical (unpaired) electrons. The smallest absolute Gasteiger partial charge is 0.263 e. The fourth-order valence-electron chi connectivity index (χ4n) is 2.65. The maximum absolute atomic E-state index is 12.4. The molecule has 2 aromatic carbocycles. The maximum Gasteiger partial charge on any atom is 0.263 e. The molecule has 4 rings (SSSR count). The Kier molecular flexibility index (Phi) is 2.74. The lowest BCUT2D eigenvalue weighted by molar-refractivity contribution is 0.479. The van der Waals surface area contributed by atoms with E-state index >= 15 is 0 Å². The van der Waals surface area contributed by atoms with Crippen molar-refractivity contribution in [3.63, 3.8) is 0 Å². The number of hydrogen-bond donors (Lipinski definition) is 2. The first kappa shape index (κ1) is 13.0. The van der Waals surface area contributed by atoms with Crippen LogP contribution in [0.25, 0.3) is 33.0 Å². The molecule has 2 heterocycles. The van der Waals surface area contributed by atoms with E-state index in [0.29, 0.717) is 21.7 Å². The zero-order chi connectivity index (χ0) is 15.3. The van der Waals surface area contributed by atoms with E-state index in [1.807, 2.05) is 24.3 Å². The Morgan fingerprint density at radius 2 is 1.91 bits per heavy atom. The van der Waals surface area contributed by atoms with Gasteiger partial charge in [0.25, 0.3) is 5.56 Å². The van der Waals surface area contributed by atoms with Crippen LogP contribution in [0, 0.1) is 0 Å². The maximum atomic E-state index is 12.4. The largest absolute Gasteiger partial charge is 0.506 e. The molecule has 0 saturated heterocycles. The van der Waals surface area contributed by atoms with Crippen LogP contribution < -0.4 is 5.56 Å². The SMILES string of the molecule is O=c1[nH]c2cc(Cl)ccc2c(O)c1-c1occ2ccccc12. The van der Waals surface area contributed by atoms with Gasteiger partial charge in [0, 0.05) is 21.2 Å². The van der Waals surface area contributed by atoms with Gasteiger partial charge in [-0.15, -0.1) is 0 Å². The van der Waals surface area contributed by atoms with Crippen LogP contribution in [0.5, 0.6) is 5.75 Å². The molecule has 0 aliphatic carbocycles. The molecule has 0 aliphatic heterocycles. The van der Waals surface area contributed by atoms with Crippen molar-refractivity contribution in [3.05, 3.63) is 64.1 Å². The Hall–Kier alpha value is -2.72. The number of hydrogen-bond acceptors (Lipinski definition) is 3. The van der Waals surface area contributed by atoms with E-state index < -0.39 is 5.56 Å². The summed E-state index contributed by atoms with van der Waals surface area (Å²) in [6, 6.07) is 12.4. The molecule has 4 nitrogen and oxygen atoms in total. The number of furan rings is 1. The Labute approximate surface area is 129 Å². The predicted molar refractivity (Wildman–Crippen MR) is 86.5 cm³/mol. The third kappa shape index (κ3) is 1.81.